The molecule has 2 aromatic heterocycles. The van der Waals surface area contributed by atoms with Crippen LogP contribution in [0.3, 0.4) is 0 Å². The zero-order valence-electron chi connectivity index (χ0n) is 19.1. The van der Waals surface area contributed by atoms with Gasteiger partial charge in [-0.2, -0.15) is 4.98 Å². The van der Waals surface area contributed by atoms with E-state index in [0.29, 0.717) is 50.6 Å². The van der Waals surface area contributed by atoms with Gasteiger partial charge in [0, 0.05) is 45.4 Å². The van der Waals surface area contributed by atoms with Gasteiger partial charge in [-0.25, -0.2) is 14.1 Å². The molecular formula is C24H24Cl2FN7O. The number of benzene rings is 2. The molecule has 0 atom stereocenters. The standard InChI is InChI=1S/C24H24Cl2FN7O/c1-35-13-12-32-8-10-33(11-9-32)24-29-21(16-4-2-3-5-19(16)27)20-22(28)34(31-23(20)30-24)15-6-7-17(25)18(26)14-15/h2-7,14H,8-13,28H2,1H3. The molecule has 182 valence electrons. The number of anilines is 2. The molecule has 1 saturated heterocycles. The third-order valence-corrected chi connectivity index (χ3v) is 6.84. The lowest BCUT2D eigenvalue weighted by Gasteiger charge is -2.34. The van der Waals surface area contributed by atoms with Crippen LogP contribution in [-0.4, -0.2) is 71.1 Å². The van der Waals surface area contributed by atoms with Crippen molar-refractivity contribution in [3.63, 3.8) is 0 Å². The van der Waals surface area contributed by atoms with Gasteiger partial charge in [-0.15, -0.1) is 5.10 Å². The second-order valence-corrected chi connectivity index (χ2v) is 9.08. The summed E-state index contributed by atoms with van der Waals surface area (Å²) in [5.74, 6) is 0.373. The van der Waals surface area contributed by atoms with E-state index in [2.05, 4.69) is 14.9 Å². The van der Waals surface area contributed by atoms with E-state index in [0.717, 1.165) is 32.7 Å². The van der Waals surface area contributed by atoms with Crippen molar-refractivity contribution in [2.45, 2.75) is 0 Å². The van der Waals surface area contributed by atoms with Crippen molar-refractivity contribution in [3.05, 3.63) is 58.3 Å². The SMILES string of the molecule is COCCN1CCN(c2nc(-c3ccccc3F)c3c(N)n(-c4ccc(Cl)c(Cl)c4)nc3n2)CC1. The molecule has 0 unspecified atom stereocenters. The molecule has 0 amide bonds. The average molecular weight is 516 g/mol. The summed E-state index contributed by atoms with van der Waals surface area (Å²) in [7, 11) is 1.70. The van der Waals surface area contributed by atoms with Crippen LogP contribution in [0.15, 0.2) is 42.5 Å². The van der Waals surface area contributed by atoms with Gasteiger partial charge in [0.15, 0.2) is 5.65 Å². The first kappa shape index (κ1) is 23.7. The highest BCUT2D eigenvalue weighted by molar-refractivity contribution is 6.42. The van der Waals surface area contributed by atoms with Gasteiger partial charge in [0.1, 0.15) is 11.6 Å². The largest absolute Gasteiger partial charge is 0.383 e. The van der Waals surface area contributed by atoms with Gasteiger partial charge in [-0.3, -0.25) is 4.90 Å². The van der Waals surface area contributed by atoms with Gasteiger partial charge in [0.05, 0.1) is 33.4 Å². The molecule has 2 aromatic carbocycles. The Bertz CT molecular complexity index is 1370. The number of halogens is 3. The minimum Gasteiger partial charge on any atom is -0.383 e. The average Bonchev–Trinajstić information content (AvgIpc) is 3.21. The van der Waals surface area contributed by atoms with Crippen LogP contribution < -0.4 is 10.6 Å². The fraction of sp³-hybridized carbons (Fsp3) is 0.292. The van der Waals surface area contributed by atoms with Crippen molar-refractivity contribution in [1.82, 2.24) is 24.6 Å². The number of rotatable bonds is 6. The second kappa shape index (κ2) is 9.94. The van der Waals surface area contributed by atoms with Crippen LogP contribution in [0.4, 0.5) is 16.2 Å². The molecule has 1 aliphatic heterocycles. The fourth-order valence-corrected chi connectivity index (χ4v) is 4.49. The minimum absolute atomic E-state index is 0.285. The van der Waals surface area contributed by atoms with E-state index in [1.165, 1.54) is 10.7 Å². The van der Waals surface area contributed by atoms with Crippen LogP contribution in [-0.2, 0) is 4.74 Å². The van der Waals surface area contributed by atoms with Crippen molar-refractivity contribution >= 4 is 46.0 Å². The maximum absolute atomic E-state index is 14.9. The Kier molecular flexibility index (Phi) is 6.75. The maximum atomic E-state index is 14.9. The summed E-state index contributed by atoms with van der Waals surface area (Å²) < 4.78 is 21.6. The van der Waals surface area contributed by atoms with Gasteiger partial charge in [0.2, 0.25) is 5.95 Å². The Labute approximate surface area is 212 Å². The van der Waals surface area contributed by atoms with Crippen LogP contribution in [0.5, 0.6) is 0 Å². The van der Waals surface area contributed by atoms with E-state index in [1.54, 1.807) is 43.5 Å². The normalized spacial score (nSPS) is 14.7. The lowest BCUT2D eigenvalue weighted by Crippen LogP contribution is -2.47. The van der Waals surface area contributed by atoms with Gasteiger partial charge in [-0.05, 0) is 30.3 Å². The molecule has 3 heterocycles. The lowest BCUT2D eigenvalue weighted by atomic mass is 10.1. The smallest absolute Gasteiger partial charge is 0.228 e. The Hall–Kier alpha value is -2.98. The summed E-state index contributed by atoms with van der Waals surface area (Å²) in [5, 5.41) is 5.91. The van der Waals surface area contributed by atoms with Crippen molar-refractivity contribution in [2.24, 2.45) is 0 Å². The van der Waals surface area contributed by atoms with E-state index in [9.17, 15) is 4.39 Å². The monoisotopic (exact) mass is 515 g/mol. The van der Waals surface area contributed by atoms with E-state index >= 15 is 0 Å². The molecule has 0 spiro atoms. The Morgan fingerprint density at radius 1 is 1.03 bits per heavy atom. The van der Waals surface area contributed by atoms with Gasteiger partial charge in [-0.1, -0.05) is 35.3 Å². The Morgan fingerprint density at radius 3 is 2.51 bits per heavy atom. The number of hydrogen-bond acceptors (Lipinski definition) is 7. The lowest BCUT2D eigenvalue weighted by molar-refractivity contribution is 0.144. The van der Waals surface area contributed by atoms with Crippen LogP contribution in [0.1, 0.15) is 0 Å². The van der Waals surface area contributed by atoms with Crippen molar-refractivity contribution in [3.8, 4) is 16.9 Å². The molecule has 11 heteroatoms. The van der Waals surface area contributed by atoms with Crippen LogP contribution in [0, 0.1) is 5.82 Å². The quantitative estimate of drug-likeness (QED) is 0.410. The van der Waals surface area contributed by atoms with Gasteiger partial charge >= 0.3 is 0 Å². The number of nitrogens with two attached hydrogens (primary N) is 1. The highest BCUT2D eigenvalue weighted by Gasteiger charge is 2.25. The van der Waals surface area contributed by atoms with Crippen molar-refractivity contribution in [2.75, 3.05) is 57.1 Å². The first-order valence-electron chi connectivity index (χ1n) is 11.2. The first-order chi connectivity index (χ1) is 17.0. The number of aromatic nitrogens is 4. The second-order valence-electron chi connectivity index (χ2n) is 8.27. The zero-order chi connectivity index (χ0) is 24.5. The van der Waals surface area contributed by atoms with Crippen LogP contribution in [0.25, 0.3) is 28.0 Å². The number of nitrogen functional groups attached to an aromatic ring is 1. The van der Waals surface area contributed by atoms with E-state index in [1.807, 2.05) is 0 Å². The number of fused-ring (bicyclic) bond motifs is 1. The predicted octanol–water partition coefficient (Wildman–Crippen LogP) is 4.28. The molecule has 4 aromatic rings. The summed E-state index contributed by atoms with van der Waals surface area (Å²) in [5.41, 5.74) is 8.25. The van der Waals surface area contributed by atoms with Crippen LogP contribution >= 0.6 is 23.2 Å². The molecule has 0 bridgehead atoms. The molecular weight excluding hydrogens is 492 g/mol. The maximum Gasteiger partial charge on any atom is 0.228 e. The van der Waals surface area contributed by atoms with Crippen molar-refractivity contribution < 1.29 is 9.13 Å². The van der Waals surface area contributed by atoms with Crippen LogP contribution in [0.2, 0.25) is 10.0 Å². The Balaban J connectivity index is 1.61. The zero-order valence-corrected chi connectivity index (χ0v) is 20.6. The summed E-state index contributed by atoms with van der Waals surface area (Å²) in [6.45, 7) is 4.71. The van der Waals surface area contributed by atoms with E-state index in [4.69, 9.17) is 43.6 Å². The molecule has 0 radical (unpaired) electrons. The highest BCUT2D eigenvalue weighted by atomic mass is 35.5. The first-order valence-corrected chi connectivity index (χ1v) is 11.9. The number of nitrogens with zero attached hydrogens (tertiary/aromatic N) is 6. The molecule has 1 aliphatic rings. The molecule has 0 aliphatic carbocycles. The van der Waals surface area contributed by atoms with Gasteiger partial charge in [0.25, 0.3) is 0 Å². The molecule has 8 nitrogen and oxygen atoms in total. The number of ether oxygens (including phenoxy) is 1. The third kappa shape index (κ3) is 4.64. The van der Waals surface area contributed by atoms with Crippen molar-refractivity contribution in [1.29, 1.82) is 0 Å². The van der Waals surface area contributed by atoms with E-state index < -0.39 is 5.82 Å². The van der Waals surface area contributed by atoms with E-state index in [-0.39, 0.29) is 5.82 Å². The third-order valence-electron chi connectivity index (χ3n) is 6.10. The molecule has 35 heavy (non-hydrogen) atoms. The predicted molar refractivity (Wildman–Crippen MR) is 137 cm³/mol. The molecule has 0 saturated carbocycles. The topological polar surface area (TPSA) is 85.3 Å². The Morgan fingerprint density at radius 2 is 1.80 bits per heavy atom. The number of hydrogen-bond donors (Lipinski definition) is 1. The number of piperazine rings is 1. The molecule has 2 N–H and O–H groups in total. The fourth-order valence-electron chi connectivity index (χ4n) is 4.20. The van der Waals surface area contributed by atoms with Gasteiger partial charge < -0.3 is 15.4 Å². The minimum atomic E-state index is -0.399. The summed E-state index contributed by atoms with van der Waals surface area (Å²) in [4.78, 5) is 13.9. The summed E-state index contributed by atoms with van der Waals surface area (Å²) in [6, 6.07) is 11.6. The molecule has 5 rings (SSSR count). The molecule has 1 fully saturated rings. The summed E-state index contributed by atoms with van der Waals surface area (Å²) >= 11 is 12.3. The number of methoxy groups -OCH3 is 1. The highest BCUT2D eigenvalue weighted by Crippen LogP contribution is 2.35. The summed E-state index contributed by atoms with van der Waals surface area (Å²) in [6.07, 6.45) is 0.